The smallest absolute Gasteiger partial charge is 0.325 e. The van der Waals surface area contributed by atoms with Gasteiger partial charge in [-0.1, -0.05) is 20.8 Å². The molecule has 8 heteroatoms. The van der Waals surface area contributed by atoms with Crippen molar-refractivity contribution in [2.45, 2.75) is 46.1 Å². The van der Waals surface area contributed by atoms with Crippen molar-refractivity contribution in [1.82, 2.24) is 14.1 Å². The van der Waals surface area contributed by atoms with Gasteiger partial charge in [-0.2, -0.15) is 5.10 Å². The Morgan fingerprint density at radius 1 is 1.33 bits per heavy atom. The quantitative estimate of drug-likeness (QED) is 0.882. The largest absolute Gasteiger partial charge is 0.480 e. The first-order chi connectivity index (χ1) is 9.36. The lowest BCUT2D eigenvalue weighted by molar-refractivity contribution is -0.137. The molecule has 0 saturated heterocycles. The highest BCUT2D eigenvalue weighted by atomic mass is 32.2. The summed E-state index contributed by atoms with van der Waals surface area (Å²) in [5.74, 6) is -1.06. The molecule has 1 aromatic heterocycles. The Hall–Kier alpha value is -1.41. The van der Waals surface area contributed by atoms with E-state index in [0.717, 1.165) is 0 Å². The minimum atomic E-state index is -3.69. The molecule has 1 rings (SSSR count). The van der Waals surface area contributed by atoms with E-state index in [-0.39, 0.29) is 16.9 Å². The Bertz CT molecular complexity index is 641. The monoisotopic (exact) mass is 317 g/mol. The highest BCUT2D eigenvalue weighted by molar-refractivity contribution is 7.89. The van der Waals surface area contributed by atoms with Gasteiger partial charge in [-0.15, -0.1) is 0 Å². The summed E-state index contributed by atoms with van der Waals surface area (Å²) in [5.41, 5.74) is 0.478. The molecule has 0 bridgehead atoms. The zero-order valence-electron chi connectivity index (χ0n) is 13.3. The maximum Gasteiger partial charge on any atom is 0.325 e. The van der Waals surface area contributed by atoms with Gasteiger partial charge in [-0.05, 0) is 19.3 Å². The molecule has 0 saturated carbocycles. The molecule has 1 N–H and O–H groups in total. The second-order valence-electron chi connectivity index (χ2n) is 6.37. The van der Waals surface area contributed by atoms with Gasteiger partial charge in [0.15, 0.2) is 0 Å². The van der Waals surface area contributed by atoms with Crippen LogP contribution < -0.4 is 0 Å². The molecule has 0 spiro atoms. The van der Waals surface area contributed by atoms with Crippen LogP contribution in [0.3, 0.4) is 0 Å². The molecule has 0 aliphatic rings. The number of aryl methyl sites for hydroxylation is 1. The Kier molecular flexibility index (Phi) is 4.84. The van der Waals surface area contributed by atoms with Gasteiger partial charge in [0.2, 0.25) is 10.0 Å². The number of sulfonamides is 1. The lowest BCUT2D eigenvalue weighted by Crippen LogP contribution is -2.35. The number of carbonyl (C=O) groups is 1. The summed E-state index contributed by atoms with van der Waals surface area (Å²) in [6.45, 7) is 9.00. The summed E-state index contributed by atoms with van der Waals surface area (Å²) in [6.07, 6.45) is 0. The van der Waals surface area contributed by atoms with Crippen LogP contribution in [0, 0.1) is 19.3 Å². The fraction of sp³-hybridized carbons (Fsp3) is 0.692. The van der Waals surface area contributed by atoms with Gasteiger partial charge in [0, 0.05) is 13.6 Å². The van der Waals surface area contributed by atoms with Crippen molar-refractivity contribution in [3.8, 4) is 0 Å². The SMILES string of the molecule is Cc1nn(CC(=O)O)c(C)c1S(=O)(=O)N(C)CC(C)(C)C. The maximum absolute atomic E-state index is 12.7. The van der Waals surface area contributed by atoms with Crippen molar-refractivity contribution < 1.29 is 18.3 Å². The maximum atomic E-state index is 12.7. The third kappa shape index (κ3) is 4.04. The van der Waals surface area contributed by atoms with E-state index in [2.05, 4.69) is 5.10 Å². The number of nitrogens with zero attached hydrogens (tertiary/aromatic N) is 3. The first-order valence-electron chi connectivity index (χ1n) is 6.58. The van der Waals surface area contributed by atoms with Crippen LogP contribution in [-0.2, 0) is 21.4 Å². The highest BCUT2D eigenvalue weighted by Gasteiger charge is 2.31. The summed E-state index contributed by atoms with van der Waals surface area (Å²) in [4.78, 5) is 10.9. The van der Waals surface area contributed by atoms with Crippen LogP contribution in [0.5, 0.6) is 0 Å². The molecule has 1 aromatic rings. The van der Waals surface area contributed by atoms with Gasteiger partial charge in [0.05, 0.1) is 11.4 Å². The fourth-order valence-electron chi connectivity index (χ4n) is 2.24. The first kappa shape index (κ1) is 17.6. The van der Waals surface area contributed by atoms with Crippen LogP contribution in [0.2, 0.25) is 0 Å². The molecular weight excluding hydrogens is 294 g/mol. The third-order valence-corrected chi connectivity index (χ3v) is 5.02. The molecule has 0 aliphatic carbocycles. The van der Waals surface area contributed by atoms with Gasteiger partial charge in [0.25, 0.3) is 0 Å². The Balaban J connectivity index is 3.26. The van der Waals surface area contributed by atoms with Crippen molar-refractivity contribution in [3.05, 3.63) is 11.4 Å². The van der Waals surface area contributed by atoms with Crippen molar-refractivity contribution >= 4 is 16.0 Å². The molecule has 0 amide bonds. The molecule has 0 fully saturated rings. The molecule has 1 heterocycles. The fourth-order valence-corrected chi connectivity index (χ4v) is 4.01. The molecule has 21 heavy (non-hydrogen) atoms. The Morgan fingerprint density at radius 2 is 1.86 bits per heavy atom. The van der Waals surface area contributed by atoms with Gasteiger partial charge in [-0.3, -0.25) is 9.48 Å². The van der Waals surface area contributed by atoms with Crippen molar-refractivity contribution in [1.29, 1.82) is 0 Å². The molecule has 0 aromatic carbocycles. The second kappa shape index (κ2) is 5.76. The second-order valence-corrected chi connectivity index (χ2v) is 8.35. The number of aromatic nitrogens is 2. The number of carboxylic acid groups (broad SMARTS) is 1. The third-order valence-electron chi connectivity index (χ3n) is 2.97. The van der Waals surface area contributed by atoms with E-state index in [1.807, 2.05) is 20.8 Å². The molecule has 120 valence electrons. The molecule has 0 unspecified atom stereocenters. The lowest BCUT2D eigenvalue weighted by atomic mass is 9.97. The molecule has 0 radical (unpaired) electrons. The van der Waals surface area contributed by atoms with E-state index in [9.17, 15) is 13.2 Å². The number of carboxylic acids is 1. The summed E-state index contributed by atoms with van der Waals surface area (Å²) in [5, 5.41) is 12.9. The molecule has 0 atom stereocenters. The standard InChI is InChI=1S/C13H23N3O4S/c1-9-12(10(2)16(14-9)7-11(17)18)21(19,20)15(6)8-13(3,4)5/h7-8H2,1-6H3,(H,17,18). The predicted molar refractivity (Wildman–Crippen MR) is 78.6 cm³/mol. The van der Waals surface area contributed by atoms with E-state index in [0.29, 0.717) is 17.9 Å². The zero-order valence-corrected chi connectivity index (χ0v) is 14.2. The molecule has 7 nitrogen and oxygen atoms in total. The Morgan fingerprint density at radius 3 is 2.29 bits per heavy atom. The summed E-state index contributed by atoms with van der Waals surface area (Å²) in [7, 11) is -2.17. The highest BCUT2D eigenvalue weighted by Crippen LogP contribution is 2.25. The lowest BCUT2D eigenvalue weighted by Gasteiger charge is -2.26. The summed E-state index contributed by atoms with van der Waals surface area (Å²) in [6, 6.07) is 0. The first-order valence-corrected chi connectivity index (χ1v) is 8.02. The van der Waals surface area contributed by atoms with E-state index in [1.165, 1.54) is 16.0 Å². The average molecular weight is 317 g/mol. The normalized spacial score (nSPS) is 12.9. The Labute approximate surface area is 125 Å². The number of rotatable bonds is 5. The van der Waals surface area contributed by atoms with E-state index in [4.69, 9.17) is 5.11 Å². The number of hydrogen-bond donors (Lipinski definition) is 1. The van der Waals surface area contributed by atoms with Gasteiger partial charge < -0.3 is 5.11 Å². The van der Waals surface area contributed by atoms with Crippen molar-refractivity contribution in [2.24, 2.45) is 5.41 Å². The van der Waals surface area contributed by atoms with E-state index in [1.54, 1.807) is 13.8 Å². The average Bonchev–Trinajstić information content (AvgIpc) is 2.50. The van der Waals surface area contributed by atoms with Crippen LogP contribution in [0.15, 0.2) is 4.90 Å². The number of aliphatic carboxylic acids is 1. The van der Waals surface area contributed by atoms with Crippen molar-refractivity contribution in [2.75, 3.05) is 13.6 Å². The predicted octanol–water partition coefficient (Wildman–Crippen LogP) is 1.25. The van der Waals surface area contributed by atoms with E-state index < -0.39 is 16.0 Å². The van der Waals surface area contributed by atoms with Gasteiger partial charge in [-0.25, -0.2) is 12.7 Å². The topological polar surface area (TPSA) is 92.5 Å². The number of hydrogen-bond acceptors (Lipinski definition) is 4. The van der Waals surface area contributed by atoms with Crippen LogP contribution >= 0.6 is 0 Å². The molecule has 0 aliphatic heterocycles. The van der Waals surface area contributed by atoms with Crippen molar-refractivity contribution in [3.63, 3.8) is 0 Å². The minimum absolute atomic E-state index is 0.0931. The minimum Gasteiger partial charge on any atom is -0.480 e. The van der Waals surface area contributed by atoms with Crippen LogP contribution in [0.25, 0.3) is 0 Å². The molecular formula is C13H23N3O4S. The summed E-state index contributed by atoms with van der Waals surface area (Å²) < 4.78 is 27.8. The van der Waals surface area contributed by atoms with Gasteiger partial charge >= 0.3 is 5.97 Å². The summed E-state index contributed by atoms with van der Waals surface area (Å²) >= 11 is 0. The zero-order chi connectivity index (χ0) is 16.6. The van der Waals surface area contributed by atoms with Gasteiger partial charge in [0.1, 0.15) is 11.4 Å². The van der Waals surface area contributed by atoms with E-state index >= 15 is 0 Å². The van der Waals surface area contributed by atoms with Crippen LogP contribution in [-0.4, -0.2) is 47.2 Å². The van der Waals surface area contributed by atoms with Crippen LogP contribution in [0.4, 0.5) is 0 Å². The van der Waals surface area contributed by atoms with Crippen LogP contribution in [0.1, 0.15) is 32.2 Å².